The Morgan fingerprint density at radius 1 is 1.39 bits per heavy atom. The van der Waals surface area contributed by atoms with E-state index in [-0.39, 0.29) is 5.39 Å². The van der Waals surface area contributed by atoms with Crippen LogP contribution in [0.2, 0.25) is 0 Å². The number of nitrogens with zero attached hydrogens (tertiary/aromatic N) is 1. The molecule has 0 unspecified atom stereocenters. The molecule has 2 aromatic rings. The number of alkyl carbamates (subject to hydrolysis) is 1. The molecule has 1 heterocycles. The van der Waals surface area contributed by atoms with Gasteiger partial charge in [0, 0.05) is 29.1 Å². The molecule has 0 radical (unpaired) electrons. The second-order valence-corrected chi connectivity index (χ2v) is 7.06. The van der Waals surface area contributed by atoms with Crippen LogP contribution in [0.5, 0.6) is 0 Å². The average Bonchev–Trinajstić information content (AvgIpc) is 2.83. The van der Waals surface area contributed by atoms with Gasteiger partial charge < -0.3 is 14.6 Å². The van der Waals surface area contributed by atoms with Crippen molar-refractivity contribution < 1.29 is 18.3 Å². The molecule has 0 aliphatic carbocycles. The first-order valence-electron chi connectivity index (χ1n) is 7.28. The predicted octanol–water partition coefficient (Wildman–Crippen LogP) is 4.60. The Balaban J connectivity index is 1.96. The van der Waals surface area contributed by atoms with Crippen molar-refractivity contribution in [3.8, 4) is 0 Å². The van der Waals surface area contributed by atoms with Crippen LogP contribution in [0.3, 0.4) is 0 Å². The van der Waals surface area contributed by atoms with E-state index in [1.807, 2.05) is 4.57 Å². The Kier molecular flexibility index (Phi) is 5.29. The highest BCUT2D eigenvalue weighted by atomic mass is 79.9. The summed E-state index contributed by atoms with van der Waals surface area (Å²) in [5.41, 5.74) is 0.0638. The minimum atomic E-state index is -0.881. The van der Waals surface area contributed by atoms with Gasteiger partial charge in [-0.3, -0.25) is 0 Å². The topological polar surface area (TPSA) is 43.3 Å². The van der Waals surface area contributed by atoms with Crippen LogP contribution in [0.4, 0.5) is 13.6 Å². The van der Waals surface area contributed by atoms with E-state index >= 15 is 0 Å². The molecular weight excluding hydrogens is 370 g/mol. The number of carbonyl (C=O) groups is 1. The SMILES string of the molecule is CC(C)(C)OC(=O)NCCCn1ccc2c(F)c(F)cc(Br)c21. The van der Waals surface area contributed by atoms with Crippen LogP contribution >= 0.6 is 15.9 Å². The maximum atomic E-state index is 13.8. The van der Waals surface area contributed by atoms with E-state index in [1.54, 1.807) is 33.0 Å². The van der Waals surface area contributed by atoms with E-state index in [4.69, 9.17) is 4.74 Å². The molecule has 1 aromatic carbocycles. The largest absolute Gasteiger partial charge is 0.444 e. The van der Waals surface area contributed by atoms with Crippen LogP contribution in [0.15, 0.2) is 22.8 Å². The highest BCUT2D eigenvalue weighted by Crippen LogP contribution is 2.29. The highest BCUT2D eigenvalue weighted by molar-refractivity contribution is 9.10. The number of rotatable bonds is 4. The Labute approximate surface area is 141 Å². The lowest BCUT2D eigenvalue weighted by molar-refractivity contribution is 0.0527. The summed E-state index contributed by atoms with van der Waals surface area (Å²) in [5, 5.41) is 2.90. The number of hydrogen-bond donors (Lipinski definition) is 1. The number of fused-ring (bicyclic) bond motifs is 1. The Bertz CT molecular complexity index is 723. The molecule has 0 saturated heterocycles. The molecule has 0 aliphatic heterocycles. The molecule has 0 spiro atoms. The zero-order valence-electron chi connectivity index (χ0n) is 13.3. The van der Waals surface area contributed by atoms with Gasteiger partial charge in [-0.2, -0.15) is 0 Å². The summed E-state index contributed by atoms with van der Waals surface area (Å²) in [5.74, 6) is -1.73. The number of halogens is 3. The summed E-state index contributed by atoms with van der Waals surface area (Å²) in [4.78, 5) is 11.5. The summed E-state index contributed by atoms with van der Waals surface area (Å²) in [6.45, 7) is 6.37. The minimum absolute atomic E-state index is 0.233. The molecule has 0 saturated carbocycles. The first-order valence-corrected chi connectivity index (χ1v) is 8.07. The van der Waals surface area contributed by atoms with Crippen molar-refractivity contribution >= 4 is 32.9 Å². The van der Waals surface area contributed by atoms with Crippen molar-refractivity contribution in [2.45, 2.75) is 39.3 Å². The van der Waals surface area contributed by atoms with Gasteiger partial charge in [0.2, 0.25) is 0 Å². The minimum Gasteiger partial charge on any atom is -0.444 e. The molecule has 0 aliphatic rings. The normalized spacial score (nSPS) is 11.7. The second kappa shape index (κ2) is 6.86. The van der Waals surface area contributed by atoms with Gasteiger partial charge in [0.1, 0.15) is 5.60 Å². The number of ether oxygens (including phenoxy) is 1. The zero-order valence-corrected chi connectivity index (χ0v) is 14.8. The zero-order chi connectivity index (χ0) is 17.2. The molecule has 1 aromatic heterocycles. The van der Waals surface area contributed by atoms with Gasteiger partial charge in [0.05, 0.1) is 5.52 Å². The third-order valence-electron chi connectivity index (χ3n) is 3.13. The maximum absolute atomic E-state index is 13.8. The predicted molar refractivity (Wildman–Crippen MR) is 88.4 cm³/mol. The summed E-state index contributed by atoms with van der Waals surface area (Å²) in [6.07, 6.45) is 1.86. The van der Waals surface area contributed by atoms with E-state index < -0.39 is 23.3 Å². The third kappa shape index (κ3) is 4.43. The standard InChI is InChI=1S/C16H19BrF2N2O2/c1-16(2,3)23-15(22)20-6-4-7-21-8-5-10-13(19)12(18)9-11(17)14(10)21/h5,8-9H,4,6-7H2,1-3H3,(H,20,22). The number of aromatic nitrogens is 1. The van der Waals surface area contributed by atoms with Gasteiger partial charge in [-0.05, 0) is 55.3 Å². The molecule has 4 nitrogen and oxygen atoms in total. The van der Waals surface area contributed by atoms with E-state index in [9.17, 15) is 13.6 Å². The maximum Gasteiger partial charge on any atom is 0.407 e. The van der Waals surface area contributed by atoms with Crippen LogP contribution in [0, 0.1) is 11.6 Å². The van der Waals surface area contributed by atoms with E-state index in [0.29, 0.717) is 29.5 Å². The molecule has 0 fully saturated rings. The molecule has 1 N–H and O–H groups in total. The van der Waals surface area contributed by atoms with Crippen molar-refractivity contribution in [1.82, 2.24) is 9.88 Å². The molecule has 2 rings (SSSR count). The number of hydrogen-bond acceptors (Lipinski definition) is 2. The van der Waals surface area contributed by atoms with Crippen LogP contribution in [-0.2, 0) is 11.3 Å². The lowest BCUT2D eigenvalue weighted by atomic mass is 10.2. The monoisotopic (exact) mass is 388 g/mol. The van der Waals surface area contributed by atoms with Gasteiger partial charge in [0.15, 0.2) is 11.6 Å². The third-order valence-corrected chi connectivity index (χ3v) is 3.74. The number of carbonyl (C=O) groups excluding carboxylic acids is 1. The number of nitrogens with one attached hydrogen (secondary N) is 1. The fraction of sp³-hybridized carbons (Fsp3) is 0.438. The summed E-state index contributed by atoms with van der Waals surface area (Å²) in [6, 6.07) is 2.66. The van der Waals surface area contributed by atoms with Gasteiger partial charge >= 0.3 is 6.09 Å². The van der Waals surface area contributed by atoms with Gasteiger partial charge in [0.25, 0.3) is 0 Å². The molecule has 0 bridgehead atoms. The van der Waals surface area contributed by atoms with Crippen molar-refractivity contribution in [3.05, 3.63) is 34.4 Å². The average molecular weight is 389 g/mol. The molecule has 23 heavy (non-hydrogen) atoms. The van der Waals surface area contributed by atoms with Crippen molar-refractivity contribution in [1.29, 1.82) is 0 Å². The molecule has 0 atom stereocenters. The van der Waals surface area contributed by atoms with E-state index in [1.165, 1.54) is 0 Å². The molecule has 1 amide bonds. The quantitative estimate of drug-likeness (QED) is 0.614. The summed E-state index contributed by atoms with van der Waals surface area (Å²) in [7, 11) is 0. The van der Waals surface area contributed by atoms with E-state index in [0.717, 1.165) is 6.07 Å². The van der Waals surface area contributed by atoms with Crippen molar-refractivity contribution in [3.63, 3.8) is 0 Å². The molecule has 126 valence electrons. The van der Waals surface area contributed by atoms with Crippen LogP contribution in [-0.4, -0.2) is 22.8 Å². The Morgan fingerprint density at radius 3 is 2.74 bits per heavy atom. The first kappa shape index (κ1) is 17.7. The summed E-state index contributed by atoms with van der Waals surface area (Å²) < 4.78 is 34.6. The van der Waals surface area contributed by atoms with Crippen molar-refractivity contribution in [2.24, 2.45) is 0 Å². The number of benzene rings is 1. The lowest BCUT2D eigenvalue weighted by Crippen LogP contribution is -2.33. The molecule has 7 heteroatoms. The van der Waals surface area contributed by atoms with Gasteiger partial charge in [-0.25, -0.2) is 13.6 Å². The second-order valence-electron chi connectivity index (χ2n) is 6.21. The fourth-order valence-corrected chi connectivity index (χ4v) is 2.87. The first-order chi connectivity index (χ1) is 10.7. The Hall–Kier alpha value is -1.63. The Morgan fingerprint density at radius 2 is 2.09 bits per heavy atom. The van der Waals surface area contributed by atoms with Crippen LogP contribution in [0.25, 0.3) is 10.9 Å². The highest BCUT2D eigenvalue weighted by Gasteiger charge is 2.16. The summed E-state index contributed by atoms with van der Waals surface area (Å²) >= 11 is 3.26. The number of aryl methyl sites for hydroxylation is 1. The fourth-order valence-electron chi connectivity index (χ4n) is 2.23. The smallest absolute Gasteiger partial charge is 0.407 e. The number of amides is 1. The van der Waals surface area contributed by atoms with E-state index in [2.05, 4.69) is 21.2 Å². The van der Waals surface area contributed by atoms with Crippen molar-refractivity contribution in [2.75, 3.05) is 6.54 Å². The lowest BCUT2D eigenvalue weighted by Gasteiger charge is -2.19. The van der Waals surface area contributed by atoms with Gasteiger partial charge in [-0.1, -0.05) is 0 Å². The van der Waals surface area contributed by atoms with Crippen LogP contribution in [0.1, 0.15) is 27.2 Å². The van der Waals surface area contributed by atoms with Crippen LogP contribution < -0.4 is 5.32 Å². The molecular formula is C16H19BrF2N2O2. The van der Waals surface area contributed by atoms with Gasteiger partial charge in [-0.15, -0.1) is 0 Å².